The molecule has 0 bridgehead atoms. The molecule has 3 aromatic carbocycles. The number of anilines is 2. The molecule has 8 rings (SSSR count). The third-order valence-electron chi connectivity index (χ3n) is 10.1. The number of fused-ring (bicyclic) bond motifs is 2. The molecular weight excluding hydrogens is 695 g/mol. The van der Waals surface area contributed by atoms with E-state index in [1.54, 1.807) is 18.3 Å². The Bertz CT molecular complexity index is 2680. The van der Waals surface area contributed by atoms with Crippen LogP contribution < -0.4 is 10.9 Å². The molecule has 274 valence electrons. The van der Waals surface area contributed by atoms with Crippen molar-refractivity contribution >= 4 is 39.5 Å². The fourth-order valence-corrected chi connectivity index (χ4v) is 7.25. The monoisotopic (exact) mass is 731 g/mol. The average molecular weight is 732 g/mol. The number of aliphatic hydroxyl groups is 1. The Kier molecular flexibility index (Phi) is 9.63. The zero-order valence-corrected chi connectivity index (χ0v) is 30.3. The van der Waals surface area contributed by atoms with E-state index in [2.05, 4.69) is 32.3 Å². The molecule has 1 atom stereocenters. The summed E-state index contributed by atoms with van der Waals surface area (Å²) in [6.45, 7) is 6.01. The van der Waals surface area contributed by atoms with Crippen LogP contribution in [0.15, 0.2) is 107 Å². The van der Waals surface area contributed by atoms with Crippen molar-refractivity contribution < 1.29 is 19.1 Å². The molecule has 5 heterocycles. The Morgan fingerprint density at radius 2 is 1.78 bits per heavy atom. The number of oxazole rings is 1. The van der Waals surface area contributed by atoms with E-state index < -0.39 is 5.56 Å². The van der Waals surface area contributed by atoms with Crippen LogP contribution in [-0.4, -0.2) is 61.3 Å². The van der Waals surface area contributed by atoms with Gasteiger partial charge < -0.3 is 24.1 Å². The number of nitrogens with one attached hydrogen (secondary N) is 1. The van der Waals surface area contributed by atoms with Crippen LogP contribution in [0.5, 0.6) is 0 Å². The number of aliphatic hydroxyl groups excluding tert-OH is 1. The highest BCUT2D eigenvalue weighted by Crippen LogP contribution is 2.37. The lowest BCUT2D eigenvalue weighted by atomic mass is 9.93. The van der Waals surface area contributed by atoms with E-state index >= 15 is 0 Å². The van der Waals surface area contributed by atoms with Gasteiger partial charge in [0.25, 0.3) is 5.56 Å². The van der Waals surface area contributed by atoms with Gasteiger partial charge in [-0.05, 0) is 84.5 Å². The number of carbonyl (C=O) groups is 1. The Morgan fingerprint density at radius 1 is 1.00 bits per heavy atom. The quantitative estimate of drug-likeness (QED) is 0.141. The standard InChI is InChI=1S/C43H37N7O5/c1-26-33(10-6-12-35(26)41-48-38-39(55-41)31(21-44)24-50(18-19-51)42(38)52)34-11-7-13-36(27(34)2)47-40-37-30(14-16-45-40)20-28(22-46-37)23-49-17-15-32(25-49)54-43(53)29-8-4-3-5-9-29/h3-14,16,20,22,24,32,51H,15,17-19,23,25H2,1-2H3,(H,45,47)/t32-/m1/s1. The Balaban J connectivity index is 1.02. The summed E-state index contributed by atoms with van der Waals surface area (Å²) in [5.41, 5.74) is 7.65. The maximum atomic E-state index is 13.1. The second-order valence-corrected chi connectivity index (χ2v) is 13.6. The van der Waals surface area contributed by atoms with Crippen molar-refractivity contribution in [2.45, 2.75) is 39.5 Å². The number of nitrogens with zero attached hydrogens (tertiary/aromatic N) is 6. The molecule has 0 spiro atoms. The van der Waals surface area contributed by atoms with Crippen molar-refractivity contribution in [3.8, 4) is 28.7 Å². The number of rotatable bonds is 10. The van der Waals surface area contributed by atoms with Gasteiger partial charge >= 0.3 is 5.97 Å². The summed E-state index contributed by atoms with van der Waals surface area (Å²) in [7, 11) is 0. The molecule has 4 aromatic heterocycles. The van der Waals surface area contributed by atoms with Crippen LogP contribution in [0, 0.1) is 25.2 Å². The molecule has 0 amide bonds. The highest BCUT2D eigenvalue weighted by molar-refractivity contribution is 5.92. The number of likely N-dealkylation sites (tertiary alicyclic amines) is 1. The highest BCUT2D eigenvalue weighted by Gasteiger charge is 2.26. The van der Waals surface area contributed by atoms with Gasteiger partial charge in [0.2, 0.25) is 5.89 Å². The molecule has 1 aliphatic heterocycles. The summed E-state index contributed by atoms with van der Waals surface area (Å²) in [6.07, 6.45) is 5.68. The first-order valence-electron chi connectivity index (χ1n) is 18.0. The van der Waals surface area contributed by atoms with Crippen molar-refractivity contribution in [2.75, 3.05) is 25.0 Å². The first-order chi connectivity index (χ1) is 26.8. The SMILES string of the molecule is Cc1c(Nc2nccc3cc(CN4CC[C@@H](OC(=O)c5ccccc5)C4)cnc23)cccc1-c1cccc(-c2nc3c(=O)n(CCO)cc(C#N)c3o2)c1C. The minimum Gasteiger partial charge on any atom is -0.457 e. The molecule has 0 unspecified atom stereocenters. The average Bonchev–Trinajstić information content (AvgIpc) is 3.85. The zero-order chi connectivity index (χ0) is 38.1. The third-order valence-corrected chi connectivity index (χ3v) is 10.1. The first-order valence-corrected chi connectivity index (χ1v) is 18.0. The molecule has 1 saturated heterocycles. The van der Waals surface area contributed by atoms with E-state index in [0.717, 1.165) is 57.4 Å². The molecule has 0 aliphatic carbocycles. The maximum Gasteiger partial charge on any atom is 0.338 e. The minimum absolute atomic E-state index is 0.0458. The largest absolute Gasteiger partial charge is 0.457 e. The van der Waals surface area contributed by atoms with Crippen LogP contribution in [0.3, 0.4) is 0 Å². The molecule has 55 heavy (non-hydrogen) atoms. The molecule has 7 aromatic rings. The highest BCUT2D eigenvalue weighted by atomic mass is 16.5. The summed E-state index contributed by atoms with van der Waals surface area (Å²) in [5, 5.41) is 23.6. The summed E-state index contributed by atoms with van der Waals surface area (Å²) in [6, 6.07) is 27.1. The smallest absolute Gasteiger partial charge is 0.338 e. The van der Waals surface area contributed by atoms with Gasteiger partial charge in [0.15, 0.2) is 16.9 Å². The van der Waals surface area contributed by atoms with Crippen molar-refractivity contribution in [3.63, 3.8) is 0 Å². The predicted molar refractivity (Wildman–Crippen MR) is 209 cm³/mol. The Labute approximate surface area is 316 Å². The van der Waals surface area contributed by atoms with Crippen LogP contribution in [0.25, 0.3) is 44.6 Å². The second-order valence-electron chi connectivity index (χ2n) is 13.6. The van der Waals surface area contributed by atoms with Gasteiger partial charge in [0.1, 0.15) is 23.3 Å². The van der Waals surface area contributed by atoms with E-state index in [9.17, 15) is 20.0 Å². The van der Waals surface area contributed by atoms with Gasteiger partial charge in [-0.1, -0.05) is 42.5 Å². The number of esters is 1. The van der Waals surface area contributed by atoms with Crippen LogP contribution in [-0.2, 0) is 17.8 Å². The molecular formula is C43H37N7O5. The number of benzene rings is 3. The van der Waals surface area contributed by atoms with E-state index in [4.69, 9.17) is 14.1 Å². The minimum atomic E-state index is -0.432. The summed E-state index contributed by atoms with van der Waals surface area (Å²) in [4.78, 5) is 41.9. The molecule has 0 saturated carbocycles. The Hall–Kier alpha value is -6.68. The number of aromatic nitrogens is 4. The second kappa shape index (κ2) is 15.0. The lowest BCUT2D eigenvalue weighted by molar-refractivity contribution is 0.0320. The summed E-state index contributed by atoms with van der Waals surface area (Å²) >= 11 is 0. The zero-order valence-electron chi connectivity index (χ0n) is 30.3. The van der Waals surface area contributed by atoms with Crippen LogP contribution in [0.4, 0.5) is 11.5 Å². The van der Waals surface area contributed by atoms with Gasteiger partial charge in [0.05, 0.1) is 12.2 Å². The van der Waals surface area contributed by atoms with Gasteiger partial charge in [-0.2, -0.15) is 5.26 Å². The molecule has 0 radical (unpaired) electrons. The van der Waals surface area contributed by atoms with Crippen molar-refractivity contribution in [1.82, 2.24) is 24.4 Å². The number of carbonyl (C=O) groups excluding carboxylic acids is 1. The molecule has 2 N–H and O–H groups in total. The lowest BCUT2D eigenvalue weighted by Crippen LogP contribution is -2.24. The number of ether oxygens (including phenoxy) is 1. The number of hydrogen-bond donors (Lipinski definition) is 2. The lowest BCUT2D eigenvalue weighted by Gasteiger charge is -2.17. The first kappa shape index (κ1) is 35.4. The van der Waals surface area contributed by atoms with Gasteiger partial charge in [-0.15, -0.1) is 0 Å². The number of hydrogen-bond acceptors (Lipinski definition) is 11. The summed E-state index contributed by atoms with van der Waals surface area (Å²) < 4.78 is 13.1. The van der Waals surface area contributed by atoms with E-state index in [-0.39, 0.29) is 47.8 Å². The van der Waals surface area contributed by atoms with Crippen LogP contribution in [0.1, 0.15) is 39.0 Å². The number of pyridine rings is 3. The summed E-state index contributed by atoms with van der Waals surface area (Å²) in [5.74, 6) is 0.578. The molecule has 1 fully saturated rings. The van der Waals surface area contributed by atoms with Crippen LogP contribution >= 0.6 is 0 Å². The third kappa shape index (κ3) is 6.94. The molecule has 12 nitrogen and oxygen atoms in total. The van der Waals surface area contributed by atoms with Crippen molar-refractivity contribution in [3.05, 3.63) is 136 Å². The fourth-order valence-electron chi connectivity index (χ4n) is 7.25. The molecule has 12 heteroatoms. The van der Waals surface area contributed by atoms with Crippen molar-refractivity contribution in [1.29, 1.82) is 5.26 Å². The van der Waals surface area contributed by atoms with Crippen molar-refractivity contribution in [2.24, 2.45) is 0 Å². The Morgan fingerprint density at radius 3 is 2.58 bits per heavy atom. The van der Waals surface area contributed by atoms with E-state index in [1.165, 1.54) is 10.8 Å². The number of nitriles is 1. The van der Waals surface area contributed by atoms with Gasteiger partial charge in [-0.3, -0.25) is 14.7 Å². The predicted octanol–water partition coefficient (Wildman–Crippen LogP) is 6.92. The maximum absolute atomic E-state index is 13.1. The topological polar surface area (TPSA) is 159 Å². The van der Waals surface area contributed by atoms with Gasteiger partial charge in [-0.25, -0.2) is 14.8 Å². The van der Waals surface area contributed by atoms with Crippen LogP contribution in [0.2, 0.25) is 0 Å². The van der Waals surface area contributed by atoms with E-state index in [0.29, 0.717) is 30.0 Å². The molecule has 1 aliphatic rings. The normalized spacial score (nSPS) is 14.3. The van der Waals surface area contributed by atoms with Gasteiger partial charge in [0, 0.05) is 61.4 Å². The van der Waals surface area contributed by atoms with E-state index in [1.807, 2.05) is 80.7 Å². The fraction of sp³-hybridized carbons (Fsp3) is 0.209.